The Bertz CT molecular complexity index is 589. The van der Waals surface area contributed by atoms with E-state index in [1.165, 1.54) is 6.20 Å². The molecule has 2 heterocycles. The second-order valence-electron chi connectivity index (χ2n) is 6.32. The molecule has 0 aromatic carbocycles. The van der Waals surface area contributed by atoms with Crippen LogP contribution in [0.4, 0.5) is 13.2 Å². The number of halogens is 4. The molecule has 1 aliphatic heterocycles. The third kappa shape index (κ3) is 3.63. The van der Waals surface area contributed by atoms with Crippen molar-refractivity contribution in [2.24, 2.45) is 17.6 Å². The summed E-state index contributed by atoms with van der Waals surface area (Å²) in [4.78, 5) is 14.2. The van der Waals surface area contributed by atoms with Gasteiger partial charge in [0.2, 0.25) is 0 Å². The monoisotopic (exact) mass is 352 g/mol. The molecule has 2 N–H and O–H groups in total. The molecule has 0 spiro atoms. The van der Waals surface area contributed by atoms with E-state index in [1.54, 1.807) is 11.8 Å². The molecule has 3 rings (SSSR count). The van der Waals surface area contributed by atoms with Crippen LogP contribution in [0.25, 0.3) is 0 Å². The third-order valence-corrected chi connectivity index (χ3v) is 4.72. The summed E-state index contributed by atoms with van der Waals surface area (Å²) in [5.41, 5.74) is 6.62. The van der Waals surface area contributed by atoms with Crippen molar-refractivity contribution >= 4 is 18.3 Å². The van der Waals surface area contributed by atoms with Crippen molar-refractivity contribution in [3.8, 4) is 0 Å². The van der Waals surface area contributed by atoms with Gasteiger partial charge in [-0.3, -0.25) is 9.48 Å². The number of fused-ring (bicyclic) bond motifs is 1. The van der Waals surface area contributed by atoms with Crippen LogP contribution in [-0.2, 0) is 6.54 Å². The summed E-state index contributed by atoms with van der Waals surface area (Å²) in [7, 11) is 0. The van der Waals surface area contributed by atoms with E-state index in [4.69, 9.17) is 5.73 Å². The number of rotatable bonds is 2. The number of amides is 1. The Balaban J connectivity index is 0.00000192. The average molecular weight is 353 g/mol. The van der Waals surface area contributed by atoms with Crippen molar-refractivity contribution in [2.45, 2.75) is 38.5 Å². The Morgan fingerprint density at radius 2 is 2.09 bits per heavy atom. The number of aromatic nitrogens is 2. The molecule has 1 saturated heterocycles. The van der Waals surface area contributed by atoms with Gasteiger partial charge in [0, 0.05) is 25.3 Å². The van der Waals surface area contributed by atoms with Gasteiger partial charge in [-0.15, -0.1) is 12.4 Å². The second-order valence-corrected chi connectivity index (χ2v) is 6.32. The van der Waals surface area contributed by atoms with Crippen LogP contribution in [0.2, 0.25) is 0 Å². The minimum absolute atomic E-state index is 0. The molecule has 1 aromatic heterocycles. The normalized spacial score (nSPS) is 27.0. The first-order valence-corrected chi connectivity index (χ1v) is 7.40. The average Bonchev–Trinajstić information content (AvgIpc) is 3.04. The van der Waals surface area contributed by atoms with Gasteiger partial charge in [-0.1, -0.05) is 0 Å². The molecule has 1 aliphatic carbocycles. The minimum atomic E-state index is -4.35. The zero-order chi connectivity index (χ0) is 16.1. The number of hydrogen-bond acceptors (Lipinski definition) is 3. The highest BCUT2D eigenvalue weighted by Gasteiger charge is 2.43. The van der Waals surface area contributed by atoms with Gasteiger partial charge >= 0.3 is 6.18 Å². The topological polar surface area (TPSA) is 64.2 Å². The number of alkyl halides is 3. The van der Waals surface area contributed by atoms with Crippen LogP contribution in [0.15, 0.2) is 6.20 Å². The first-order valence-electron chi connectivity index (χ1n) is 7.40. The molecular weight excluding hydrogens is 333 g/mol. The first-order chi connectivity index (χ1) is 10.2. The van der Waals surface area contributed by atoms with E-state index in [1.807, 2.05) is 0 Å². The summed E-state index contributed by atoms with van der Waals surface area (Å²) in [6, 6.07) is 0.122. The number of aryl methyl sites for hydroxylation is 1. The molecule has 23 heavy (non-hydrogen) atoms. The van der Waals surface area contributed by atoms with Crippen molar-refractivity contribution < 1.29 is 18.0 Å². The molecule has 1 amide bonds. The first kappa shape index (κ1) is 18.1. The van der Waals surface area contributed by atoms with Crippen LogP contribution < -0.4 is 5.73 Å². The van der Waals surface area contributed by atoms with Crippen LogP contribution in [0.5, 0.6) is 0 Å². The maximum Gasteiger partial charge on any atom is 0.408 e. The lowest BCUT2D eigenvalue weighted by atomic mass is 9.98. The Labute approximate surface area is 138 Å². The van der Waals surface area contributed by atoms with Crippen molar-refractivity contribution in [3.63, 3.8) is 0 Å². The van der Waals surface area contributed by atoms with E-state index in [-0.39, 0.29) is 29.9 Å². The Morgan fingerprint density at radius 3 is 2.70 bits per heavy atom. The number of carbonyl (C=O) groups excluding carboxylic acids is 1. The van der Waals surface area contributed by atoms with Crippen molar-refractivity contribution in [2.75, 3.05) is 13.1 Å². The summed E-state index contributed by atoms with van der Waals surface area (Å²) in [5.74, 6) is 0.492. The predicted molar refractivity (Wildman–Crippen MR) is 80.4 cm³/mol. The minimum Gasteiger partial charge on any atom is -0.338 e. The van der Waals surface area contributed by atoms with Crippen LogP contribution in [0, 0.1) is 18.8 Å². The van der Waals surface area contributed by atoms with Crippen molar-refractivity contribution in [1.29, 1.82) is 0 Å². The Kier molecular flexibility index (Phi) is 4.96. The summed E-state index contributed by atoms with van der Waals surface area (Å²) in [6.45, 7) is 1.61. The van der Waals surface area contributed by atoms with E-state index in [2.05, 4.69) is 5.10 Å². The molecule has 2 fully saturated rings. The van der Waals surface area contributed by atoms with Gasteiger partial charge in [0.05, 0.1) is 11.3 Å². The lowest BCUT2D eigenvalue weighted by Crippen LogP contribution is -2.33. The summed E-state index contributed by atoms with van der Waals surface area (Å²) >= 11 is 0. The molecule has 2 aliphatic rings. The van der Waals surface area contributed by atoms with Crippen LogP contribution in [0.3, 0.4) is 0 Å². The molecule has 0 bridgehead atoms. The highest BCUT2D eigenvalue weighted by molar-refractivity contribution is 5.95. The van der Waals surface area contributed by atoms with Gasteiger partial charge in [-0.25, -0.2) is 0 Å². The molecule has 9 heteroatoms. The van der Waals surface area contributed by atoms with Crippen molar-refractivity contribution in [1.82, 2.24) is 14.7 Å². The quantitative estimate of drug-likeness (QED) is 0.885. The zero-order valence-electron chi connectivity index (χ0n) is 12.7. The molecule has 5 nitrogen and oxygen atoms in total. The number of hydrogen-bond donors (Lipinski definition) is 1. The van der Waals surface area contributed by atoms with E-state index in [0.29, 0.717) is 30.6 Å². The lowest BCUT2D eigenvalue weighted by Gasteiger charge is -2.18. The molecular formula is C14H20ClF3N4O. The third-order valence-electron chi connectivity index (χ3n) is 4.72. The van der Waals surface area contributed by atoms with Gasteiger partial charge in [0.25, 0.3) is 5.91 Å². The molecule has 3 atom stereocenters. The fourth-order valence-corrected chi connectivity index (χ4v) is 3.64. The van der Waals surface area contributed by atoms with E-state index in [9.17, 15) is 18.0 Å². The molecule has 1 saturated carbocycles. The second kappa shape index (κ2) is 6.32. The fourth-order valence-electron chi connectivity index (χ4n) is 3.64. The number of likely N-dealkylation sites (tertiary alicyclic amines) is 1. The largest absolute Gasteiger partial charge is 0.408 e. The smallest absolute Gasteiger partial charge is 0.338 e. The van der Waals surface area contributed by atoms with Crippen molar-refractivity contribution in [3.05, 3.63) is 17.5 Å². The number of nitrogens with zero attached hydrogens (tertiary/aromatic N) is 3. The molecule has 3 unspecified atom stereocenters. The number of carbonyl (C=O) groups is 1. The number of nitrogens with two attached hydrogens (primary N) is 1. The molecule has 1 aromatic rings. The maximum absolute atomic E-state index is 12.5. The highest BCUT2D eigenvalue weighted by Crippen LogP contribution is 2.37. The van der Waals surface area contributed by atoms with Gasteiger partial charge in [-0.05, 0) is 31.6 Å². The standard InChI is InChI=1S/C14H19F3N4O.ClH/c1-8-10(6-21(19-8)7-14(15,16)17)13(22)20-4-9-2-3-12(18)11(9)5-20;/h6,9,11-12H,2-5,7,18H2,1H3;1H. The van der Waals surface area contributed by atoms with Crippen LogP contribution >= 0.6 is 12.4 Å². The van der Waals surface area contributed by atoms with Gasteiger partial charge in [-0.2, -0.15) is 18.3 Å². The van der Waals surface area contributed by atoms with Gasteiger partial charge in [0.1, 0.15) is 6.54 Å². The fraction of sp³-hybridized carbons (Fsp3) is 0.714. The molecule has 130 valence electrons. The SMILES string of the molecule is Cc1nn(CC(F)(F)F)cc1C(=O)N1CC2CCC(N)C2C1.Cl. The molecule has 0 radical (unpaired) electrons. The predicted octanol–water partition coefficient (Wildman–Crippen LogP) is 1.98. The Hall–Kier alpha value is -1.28. The van der Waals surface area contributed by atoms with Gasteiger partial charge < -0.3 is 10.6 Å². The maximum atomic E-state index is 12.5. The van der Waals surface area contributed by atoms with Crippen LogP contribution in [0.1, 0.15) is 28.9 Å². The summed E-state index contributed by atoms with van der Waals surface area (Å²) < 4.78 is 38.0. The van der Waals surface area contributed by atoms with E-state index >= 15 is 0 Å². The van der Waals surface area contributed by atoms with Gasteiger partial charge in [0.15, 0.2) is 0 Å². The highest BCUT2D eigenvalue weighted by atomic mass is 35.5. The van der Waals surface area contributed by atoms with E-state index in [0.717, 1.165) is 17.5 Å². The Morgan fingerprint density at radius 1 is 1.39 bits per heavy atom. The van der Waals surface area contributed by atoms with Crippen LogP contribution in [-0.4, -0.2) is 45.9 Å². The van der Waals surface area contributed by atoms with E-state index < -0.39 is 12.7 Å². The summed E-state index contributed by atoms with van der Waals surface area (Å²) in [6.07, 6.45) is -1.16. The lowest BCUT2D eigenvalue weighted by molar-refractivity contribution is -0.142. The zero-order valence-corrected chi connectivity index (χ0v) is 13.5. The summed E-state index contributed by atoms with van der Waals surface area (Å²) in [5, 5.41) is 3.80.